The SMILES string of the molecule is C[C@H]1CCc2c1cc1c(c2NC(=O)N=[S@@](N)(=O)c2cnn3c2OCCC3)CCC1. The lowest BCUT2D eigenvalue weighted by Crippen LogP contribution is -2.21. The molecule has 0 saturated heterocycles. The number of hydrogen-bond acceptors (Lipinski definition) is 4. The maximum atomic E-state index is 13.1. The van der Waals surface area contributed by atoms with Crippen molar-refractivity contribution in [3.8, 4) is 5.88 Å². The van der Waals surface area contributed by atoms with Gasteiger partial charge in [-0.1, -0.05) is 13.0 Å². The standard InChI is InChI=1S/C20H25N5O3S/c1-12-6-7-15-16(12)10-13-4-2-5-14(13)18(15)23-20(26)24-29(21,27)17-11-22-25-8-3-9-28-19(17)25/h10-12H,2-9H2,1H3,(H3,21,23,24,26,27)/t12-,29+/m0/s1. The first-order valence-electron chi connectivity index (χ1n) is 10.2. The fourth-order valence-electron chi connectivity index (χ4n) is 4.74. The molecule has 0 unspecified atom stereocenters. The van der Waals surface area contributed by atoms with Gasteiger partial charge >= 0.3 is 6.03 Å². The van der Waals surface area contributed by atoms with Gasteiger partial charge in [0, 0.05) is 18.7 Å². The molecule has 5 rings (SSSR count). The molecule has 2 heterocycles. The molecule has 0 fully saturated rings. The van der Waals surface area contributed by atoms with Crippen LogP contribution in [0.25, 0.3) is 0 Å². The lowest BCUT2D eigenvalue weighted by Gasteiger charge is -2.17. The largest absolute Gasteiger partial charge is 0.477 e. The number of ether oxygens (including phenoxy) is 1. The highest BCUT2D eigenvalue weighted by Gasteiger charge is 2.29. The second-order valence-corrected chi connectivity index (χ2v) is 9.84. The number of anilines is 1. The first kappa shape index (κ1) is 18.6. The minimum Gasteiger partial charge on any atom is -0.477 e. The molecule has 2 aromatic rings. The van der Waals surface area contributed by atoms with Crippen LogP contribution >= 0.6 is 0 Å². The third kappa shape index (κ3) is 3.12. The summed E-state index contributed by atoms with van der Waals surface area (Å²) in [5, 5.41) is 13.1. The number of nitrogens with two attached hydrogens (primary N) is 1. The Balaban J connectivity index is 1.50. The van der Waals surface area contributed by atoms with Crippen LogP contribution < -0.4 is 15.2 Å². The quantitative estimate of drug-likeness (QED) is 0.785. The molecule has 1 aromatic heterocycles. The van der Waals surface area contributed by atoms with Gasteiger partial charge < -0.3 is 10.1 Å². The van der Waals surface area contributed by atoms with Crippen LogP contribution in [0.3, 0.4) is 0 Å². The summed E-state index contributed by atoms with van der Waals surface area (Å²) >= 11 is 0. The van der Waals surface area contributed by atoms with E-state index in [1.165, 1.54) is 28.5 Å². The van der Waals surface area contributed by atoms with Crippen molar-refractivity contribution in [3.63, 3.8) is 0 Å². The molecule has 2 atom stereocenters. The summed E-state index contributed by atoms with van der Waals surface area (Å²) in [5.74, 6) is 0.828. The van der Waals surface area contributed by atoms with Crippen LogP contribution in [0.1, 0.15) is 54.4 Å². The molecule has 9 heteroatoms. The third-order valence-corrected chi connectivity index (χ3v) is 7.53. The van der Waals surface area contributed by atoms with Crippen molar-refractivity contribution in [3.05, 3.63) is 34.5 Å². The van der Waals surface area contributed by atoms with E-state index in [1.807, 2.05) is 0 Å². The van der Waals surface area contributed by atoms with E-state index in [4.69, 9.17) is 9.88 Å². The smallest absolute Gasteiger partial charge is 0.354 e. The normalized spacial score (nSPS) is 21.5. The van der Waals surface area contributed by atoms with Crippen LogP contribution in [0.15, 0.2) is 21.5 Å². The predicted octanol–water partition coefficient (Wildman–Crippen LogP) is 3.14. The zero-order valence-electron chi connectivity index (χ0n) is 16.4. The van der Waals surface area contributed by atoms with Crippen molar-refractivity contribution >= 4 is 21.6 Å². The van der Waals surface area contributed by atoms with Crippen LogP contribution in [0, 0.1) is 0 Å². The number of fused-ring (bicyclic) bond motifs is 3. The Kier molecular flexibility index (Phi) is 4.40. The summed E-state index contributed by atoms with van der Waals surface area (Å²) in [5.41, 5.74) is 5.86. The molecule has 2 aliphatic carbocycles. The van der Waals surface area contributed by atoms with Gasteiger partial charge in [0.1, 0.15) is 4.90 Å². The molecular weight excluding hydrogens is 390 g/mol. The topological polar surface area (TPSA) is 112 Å². The fourth-order valence-corrected chi connectivity index (χ4v) is 5.74. The van der Waals surface area contributed by atoms with E-state index >= 15 is 0 Å². The molecule has 0 radical (unpaired) electrons. The number of carbonyl (C=O) groups excluding carboxylic acids is 1. The van der Waals surface area contributed by atoms with E-state index in [9.17, 15) is 9.00 Å². The number of nitrogens with one attached hydrogen (secondary N) is 1. The Morgan fingerprint density at radius 3 is 3.07 bits per heavy atom. The second kappa shape index (κ2) is 6.84. The van der Waals surface area contributed by atoms with Crippen molar-refractivity contribution in [2.75, 3.05) is 11.9 Å². The molecule has 2 amide bonds. The predicted molar refractivity (Wildman–Crippen MR) is 110 cm³/mol. The number of urea groups is 1. The molecule has 3 aliphatic rings. The first-order chi connectivity index (χ1) is 13.9. The van der Waals surface area contributed by atoms with Crippen LogP contribution in [0.5, 0.6) is 5.88 Å². The molecule has 3 N–H and O–H groups in total. The number of hydrogen-bond donors (Lipinski definition) is 2. The van der Waals surface area contributed by atoms with E-state index in [0.717, 1.165) is 44.2 Å². The number of amides is 2. The molecule has 0 saturated carbocycles. The van der Waals surface area contributed by atoms with E-state index in [2.05, 4.69) is 27.8 Å². The molecule has 1 aromatic carbocycles. The number of carbonyl (C=O) groups is 1. The minimum absolute atomic E-state index is 0.171. The Bertz CT molecular complexity index is 1130. The van der Waals surface area contributed by atoms with Gasteiger partial charge in [0.05, 0.1) is 12.8 Å². The Hall–Kier alpha value is -2.39. The summed E-state index contributed by atoms with van der Waals surface area (Å²) in [6.07, 6.45) is 7.27. The van der Waals surface area contributed by atoms with Crippen molar-refractivity contribution in [1.29, 1.82) is 0 Å². The van der Waals surface area contributed by atoms with Crippen molar-refractivity contribution < 1.29 is 13.7 Å². The summed E-state index contributed by atoms with van der Waals surface area (Å²) in [6, 6.07) is 1.63. The fraction of sp³-hybridized carbons (Fsp3) is 0.500. The van der Waals surface area contributed by atoms with Gasteiger partial charge in [0.2, 0.25) is 5.88 Å². The van der Waals surface area contributed by atoms with Crippen molar-refractivity contribution in [2.45, 2.75) is 62.8 Å². The number of nitrogens with zero attached hydrogens (tertiary/aromatic N) is 3. The average molecular weight is 416 g/mol. The summed E-state index contributed by atoms with van der Waals surface area (Å²) < 4.78 is 24.1. The molecule has 154 valence electrons. The van der Waals surface area contributed by atoms with Crippen LogP contribution in [-0.4, -0.2) is 26.6 Å². The Morgan fingerprint density at radius 2 is 2.21 bits per heavy atom. The van der Waals surface area contributed by atoms with Gasteiger partial charge in [0.15, 0.2) is 9.92 Å². The molecular formula is C20H25N5O3S. The lowest BCUT2D eigenvalue weighted by molar-refractivity contribution is 0.224. The molecule has 29 heavy (non-hydrogen) atoms. The highest BCUT2D eigenvalue weighted by molar-refractivity contribution is 7.91. The van der Waals surface area contributed by atoms with Gasteiger partial charge in [-0.25, -0.2) is 18.8 Å². The highest BCUT2D eigenvalue weighted by atomic mass is 32.2. The number of benzene rings is 1. The molecule has 1 aliphatic heterocycles. The summed E-state index contributed by atoms with van der Waals surface area (Å²) in [6.45, 7) is 3.39. The Morgan fingerprint density at radius 1 is 1.34 bits per heavy atom. The zero-order valence-corrected chi connectivity index (χ0v) is 17.3. The van der Waals surface area contributed by atoms with E-state index in [0.29, 0.717) is 24.9 Å². The lowest BCUT2D eigenvalue weighted by atomic mass is 9.96. The summed E-state index contributed by atoms with van der Waals surface area (Å²) in [4.78, 5) is 12.9. The van der Waals surface area contributed by atoms with Gasteiger partial charge in [-0.3, -0.25) is 0 Å². The van der Waals surface area contributed by atoms with Crippen molar-refractivity contribution in [1.82, 2.24) is 9.78 Å². The van der Waals surface area contributed by atoms with Crippen LogP contribution in [0.4, 0.5) is 10.5 Å². The number of aryl methyl sites for hydroxylation is 2. The first-order valence-corrected chi connectivity index (χ1v) is 11.7. The monoisotopic (exact) mass is 415 g/mol. The maximum absolute atomic E-state index is 13.1. The van der Waals surface area contributed by atoms with E-state index in [1.54, 1.807) is 4.68 Å². The van der Waals surface area contributed by atoms with Gasteiger partial charge in [-0.05, 0) is 60.3 Å². The Labute approximate surface area is 170 Å². The van der Waals surface area contributed by atoms with Gasteiger partial charge in [-0.15, -0.1) is 4.36 Å². The van der Waals surface area contributed by atoms with Gasteiger partial charge in [-0.2, -0.15) is 5.10 Å². The minimum atomic E-state index is -3.46. The highest BCUT2D eigenvalue weighted by Crippen LogP contribution is 2.43. The maximum Gasteiger partial charge on any atom is 0.354 e. The summed E-state index contributed by atoms with van der Waals surface area (Å²) in [7, 11) is -3.46. The number of rotatable bonds is 2. The van der Waals surface area contributed by atoms with E-state index in [-0.39, 0.29) is 4.90 Å². The van der Waals surface area contributed by atoms with Crippen LogP contribution in [0.2, 0.25) is 0 Å². The van der Waals surface area contributed by atoms with Crippen molar-refractivity contribution in [2.24, 2.45) is 9.50 Å². The van der Waals surface area contributed by atoms with Crippen LogP contribution in [-0.2, 0) is 35.7 Å². The third-order valence-electron chi connectivity index (χ3n) is 6.18. The van der Waals surface area contributed by atoms with Gasteiger partial charge in [0.25, 0.3) is 0 Å². The second-order valence-electron chi connectivity index (χ2n) is 8.08. The molecule has 8 nitrogen and oxygen atoms in total. The molecule has 0 bridgehead atoms. The number of aromatic nitrogens is 2. The molecule has 0 spiro atoms. The van der Waals surface area contributed by atoms with E-state index < -0.39 is 15.9 Å². The average Bonchev–Trinajstić information content (AvgIpc) is 3.40. The zero-order chi connectivity index (χ0) is 20.2.